The van der Waals surface area contributed by atoms with E-state index >= 15 is 0 Å². The van der Waals surface area contributed by atoms with Gasteiger partial charge in [0.2, 0.25) is 5.79 Å². The van der Waals surface area contributed by atoms with Gasteiger partial charge < -0.3 is 9.47 Å². The van der Waals surface area contributed by atoms with Gasteiger partial charge >= 0.3 is 12.4 Å². The maximum absolute atomic E-state index is 13.2. The summed E-state index contributed by atoms with van der Waals surface area (Å²) in [4.78, 5) is 11.9. The van der Waals surface area contributed by atoms with E-state index in [0.29, 0.717) is 31.8 Å². The number of rotatable bonds is 4. The van der Waals surface area contributed by atoms with E-state index in [1.807, 2.05) is 6.92 Å². The number of halogens is 6. The molecule has 0 N–H and O–H groups in total. The average Bonchev–Trinajstić information content (AvgIpc) is 3.00. The van der Waals surface area contributed by atoms with Gasteiger partial charge in [-0.1, -0.05) is 6.92 Å². The van der Waals surface area contributed by atoms with E-state index in [-0.39, 0.29) is 35.8 Å². The molecule has 1 spiro atoms. The largest absolute Gasteiger partial charge is 0.416 e. The van der Waals surface area contributed by atoms with Gasteiger partial charge in [0.1, 0.15) is 0 Å². The van der Waals surface area contributed by atoms with Crippen LogP contribution in [-0.2, 0) is 38.0 Å². The van der Waals surface area contributed by atoms with Crippen molar-refractivity contribution < 1.29 is 45.6 Å². The Morgan fingerprint density at radius 2 is 1.60 bits per heavy atom. The van der Waals surface area contributed by atoms with Crippen molar-refractivity contribution in [2.24, 2.45) is 23.7 Å². The van der Waals surface area contributed by atoms with Crippen LogP contribution in [0.4, 0.5) is 26.3 Å². The quantitative estimate of drug-likeness (QED) is 0.327. The molecule has 4 heterocycles. The minimum Gasteiger partial charge on any atom is -0.349 e. The molecule has 0 radical (unpaired) electrons. The van der Waals surface area contributed by atoms with Gasteiger partial charge in [-0.05, 0) is 87.0 Å². The van der Waals surface area contributed by atoms with Crippen molar-refractivity contribution in [2.45, 2.75) is 88.8 Å². The van der Waals surface area contributed by atoms with E-state index in [1.54, 1.807) is 0 Å². The Balaban J connectivity index is 1.33. The summed E-state index contributed by atoms with van der Waals surface area (Å²) in [6.45, 7) is 4.46. The van der Waals surface area contributed by atoms with Gasteiger partial charge in [0.25, 0.3) is 0 Å². The Labute approximate surface area is 200 Å². The summed E-state index contributed by atoms with van der Waals surface area (Å²) >= 11 is 0. The normalized spacial score (nSPS) is 39.3. The number of hydrogen-bond donors (Lipinski definition) is 0. The molecule has 10 heteroatoms. The fourth-order valence-corrected chi connectivity index (χ4v) is 6.74. The minimum absolute atomic E-state index is 0.0286. The lowest BCUT2D eigenvalue weighted by molar-refractivity contribution is -0.567. The first kappa shape index (κ1) is 25.3. The van der Waals surface area contributed by atoms with Gasteiger partial charge in [0.15, 0.2) is 11.9 Å². The average molecular weight is 508 g/mol. The monoisotopic (exact) mass is 508 g/mol. The van der Waals surface area contributed by atoms with Gasteiger partial charge in [-0.3, -0.25) is 0 Å². The third-order valence-corrected chi connectivity index (χ3v) is 8.49. The molecule has 5 aliphatic rings. The predicted octanol–water partition coefficient (Wildman–Crippen LogP) is 6.91. The first-order valence-corrected chi connectivity index (χ1v) is 12.3. The molecule has 1 aromatic rings. The van der Waals surface area contributed by atoms with E-state index in [0.717, 1.165) is 31.4 Å². The zero-order valence-electron chi connectivity index (χ0n) is 19.7. The molecule has 0 aromatic heterocycles. The Morgan fingerprint density at radius 3 is 2.26 bits per heavy atom. The fraction of sp³-hybridized carbons (Fsp3) is 0.760. The van der Waals surface area contributed by atoms with Gasteiger partial charge in [0.05, 0.1) is 17.7 Å². The Bertz CT molecular complexity index is 917. The van der Waals surface area contributed by atoms with E-state index in [9.17, 15) is 26.3 Å². The molecule has 4 nitrogen and oxygen atoms in total. The first-order chi connectivity index (χ1) is 16.3. The van der Waals surface area contributed by atoms with Crippen molar-refractivity contribution in [1.29, 1.82) is 0 Å². The van der Waals surface area contributed by atoms with Crippen LogP contribution in [-0.4, -0.2) is 24.3 Å². The van der Waals surface area contributed by atoms with E-state index in [4.69, 9.17) is 19.2 Å². The maximum atomic E-state index is 13.2. The van der Waals surface area contributed by atoms with E-state index < -0.39 is 41.2 Å². The second kappa shape index (κ2) is 8.60. The molecular formula is C25H30F6O4. The molecular weight excluding hydrogens is 478 g/mol. The number of fused-ring (bicyclic) bond motifs is 2. The molecule has 0 unspecified atom stereocenters. The van der Waals surface area contributed by atoms with Crippen LogP contribution in [0.15, 0.2) is 18.2 Å². The molecule has 6 rings (SSSR count). The van der Waals surface area contributed by atoms with E-state index in [2.05, 4.69) is 6.92 Å². The Kier molecular flexibility index (Phi) is 6.22. The van der Waals surface area contributed by atoms with Gasteiger partial charge in [-0.2, -0.15) is 26.3 Å². The second-order valence-electron chi connectivity index (χ2n) is 10.8. The highest BCUT2D eigenvalue weighted by molar-refractivity contribution is 5.33. The van der Waals surface area contributed by atoms with Crippen LogP contribution in [0, 0.1) is 23.7 Å². The van der Waals surface area contributed by atoms with Gasteiger partial charge in [0, 0.05) is 12.3 Å². The molecule has 0 amide bonds. The third kappa shape index (κ3) is 4.49. The lowest BCUT2D eigenvalue weighted by atomic mass is 9.57. The molecule has 4 saturated heterocycles. The van der Waals surface area contributed by atoms with Crippen molar-refractivity contribution in [2.75, 3.05) is 6.61 Å². The topological polar surface area (TPSA) is 36.9 Å². The van der Waals surface area contributed by atoms with Crippen LogP contribution in [0.1, 0.15) is 69.1 Å². The molecule has 5 fully saturated rings. The van der Waals surface area contributed by atoms with Crippen molar-refractivity contribution in [3.8, 4) is 0 Å². The third-order valence-electron chi connectivity index (χ3n) is 8.49. The van der Waals surface area contributed by atoms with Crippen LogP contribution < -0.4 is 0 Å². The lowest BCUT2D eigenvalue weighted by Crippen LogP contribution is -2.69. The lowest BCUT2D eigenvalue weighted by Gasteiger charge is -2.59. The zero-order chi connectivity index (χ0) is 25.2. The molecule has 2 bridgehead atoms. The smallest absolute Gasteiger partial charge is 0.349 e. The number of ether oxygens (including phenoxy) is 2. The summed E-state index contributed by atoms with van der Waals surface area (Å²) in [5.74, 6) is -0.142. The van der Waals surface area contributed by atoms with Crippen molar-refractivity contribution >= 4 is 0 Å². The standard InChI is InChI=1S/C25H30F6O4/c1-14-6-7-20-16(13-32-21-23(20)19(14)8-9-22(2,33-21)34-35-23)5-3-4-15-10-17(24(26,27)28)12-18(11-15)25(29,30)31/h10-12,14,16,19-21H,3-9,13H2,1-2H3/t14-,16+,19+,20+,21-,22+,23-/m1/s1. The summed E-state index contributed by atoms with van der Waals surface area (Å²) in [7, 11) is 0. The number of alkyl halides is 6. The second-order valence-corrected chi connectivity index (χ2v) is 10.8. The Hall–Kier alpha value is -1.36. The maximum Gasteiger partial charge on any atom is 0.416 e. The summed E-state index contributed by atoms with van der Waals surface area (Å²) < 4.78 is 91.6. The summed E-state index contributed by atoms with van der Waals surface area (Å²) in [5.41, 5.74) is -3.27. The van der Waals surface area contributed by atoms with Crippen molar-refractivity contribution in [1.82, 2.24) is 0 Å². The van der Waals surface area contributed by atoms with Crippen LogP contribution in [0.3, 0.4) is 0 Å². The van der Waals surface area contributed by atoms with Gasteiger partial charge in [-0.25, -0.2) is 9.78 Å². The predicted molar refractivity (Wildman–Crippen MR) is 112 cm³/mol. The zero-order valence-corrected chi connectivity index (χ0v) is 19.7. The van der Waals surface area contributed by atoms with Crippen LogP contribution in [0.2, 0.25) is 0 Å². The highest BCUT2D eigenvalue weighted by Crippen LogP contribution is 2.60. The van der Waals surface area contributed by atoms with Crippen molar-refractivity contribution in [3.63, 3.8) is 0 Å². The molecule has 4 aliphatic heterocycles. The Morgan fingerprint density at radius 1 is 0.914 bits per heavy atom. The molecule has 1 aromatic carbocycles. The molecule has 196 valence electrons. The summed E-state index contributed by atoms with van der Waals surface area (Å²) in [5, 5.41) is 0. The van der Waals surface area contributed by atoms with Crippen molar-refractivity contribution in [3.05, 3.63) is 34.9 Å². The highest BCUT2D eigenvalue weighted by Gasteiger charge is 2.68. The van der Waals surface area contributed by atoms with Crippen LogP contribution >= 0.6 is 0 Å². The highest BCUT2D eigenvalue weighted by atomic mass is 19.4. The number of hydrogen-bond acceptors (Lipinski definition) is 4. The molecule has 7 atom stereocenters. The number of aryl methyl sites for hydroxylation is 1. The fourth-order valence-electron chi connectivity index (χ4n) is 6.74. The summed E-state index contributed by atoms with van der Waals surface area (Å²) in [6.07, 6.45) is -5.63. The number of benzene rings is 1. The molecule has 1 aliphatic carbocycles. The molecule has 35 heavy (non-hydrogen) atoms. The van der Waals surface area contributed by atoms with Crippen LogP contribution in [0.25, 0.3) is 0 Å². The first-order valence-electron chi connectivity index (χ1n) is 12.3. The van der Waals surface area contributed by atoms with E-state index in [1.165, 1.54) is 0 Å². The van der Waals surface area contributed by atoms with Gasteiger partial charge in [-0.15, -0.1) is 0 Å². The molecule has 1 saturated carbocycles. The minimum atomic E-state index is -4.85. The summed E-state index contributed by atoms with van der Waals surface area (Å²) in [6, 6.07) is 1.80. The van der Waals surface area contributed by atoms with Crippen LogP contribution in [0.5, 0.6) is 0 Å². The SMILES string of the molecule is C[C@@H]1CC[C@H]2[C@@H](CCCc3cc(C(F)(F)F)cc(C(F)(F)F)c3)CO[C@@H]3O[C@]4(C)CC[C@@H]1[C@]32OO4.